The van der Waals surface area contributed by atoms with E-state index < -0.39 is 17.9 Å². The van der Waals surface area contributed by atoms with Gasteiger partial charge in [0.2, 0.25) is 0 Å². The van der Waals surface area contributed by atoms with E-state index in [1.165, 1.54) is 0 Å². The van der Waals surface area contributed by atoms with Gasteiger partial charge in [0.1, 0.15) is 0 Å². The molecule has 106 valence electrons. The van der Waals surface area contributed by atoms with Gasteiger partial charge in [-0.05, 0) is 0 Å². The lowest BCUT2D eigenvalue weighted by Gasteiger charge is -2.38. The number of hydrogen-bond donors (Lipinski definition) is 1. The van der Waals surface area contributed by atoms with Crippen molar-refractivity contribution in [3.8, 4) is 0 Å². The zero-order valence-electron chi connectivity index (χ0n) is 10.2. The van der Waals surface area contributed by atoms with Crippen LogP contribution in [0, 0.1) is 5.92 Å². The van der Waals surface area contributed by atoms with Gasteiger partial charge in [-0.15, -0.1) is 0 Å². The van der Waals surface area contributed by atoms with Crippen LogP contribution in [0.1, 0.15) is 12.8 Å². The fraction of sp³-hybridized carbons (Fsp3) is 1.00. The third kappa shape index (κ3) is 3.14. The Kier molecular flexibility index (Phi) is 4.15. The van der Waals surface area contributed by atoms with Gasteiger partial charge in [0.15, 0.2) is 5.79 Å². The van der Waals surface area contributed by atoms with E-state index in [9.17, 15) is 13.2 Å². The number of piperidine rings is 1. The molecular formula is C11H19F3N2O2. The number of alkyl halides is 3. The zero-order valence-corrected chi connectivity index (χ0v) is 10.2. The van der Waals surface area contributed by atoms with Crippen LogP contribution in [0.25, 0.3) is 0 Å². The molecule has 7 heteroatoms. The predicted octanol–water partition coefficient (Wildman–Crippen LogP) is 0.962. The van der Waals surface area contributed by atoms with Crippen molar-refractivity contribution >= 4 is 0 Å². The molecule has 2 saturated heterocycles. The van der Waals surface area contributed by atoms with Crippen molar-refractivity contribution in [1.82, 2.24) is 4.90 Å². The van der Waals surface area contributed by atoms with Crippen LogP contribution >= 0.6 is 0 Å². The Morgan fingerprint density at radius 3 is 2.17 bits per heavy atom. The van der Waals surface area contributed by atoms with Crippen molar-refractivity contribution in [2.75, 3.05) is 39.4 Å². The molecule has 2 N–H and O–H groups in total. The largest absolute Gasteiger partial charge is 0.394 e. The standard InChI is InChI=1S/C11H19F3N2O2/c12-11(13,14)9(7-15)8-16-3-1-10(2-4-16)17-5-6-18-10/h9H,1-8,15H2. The SMILES string of the molecule is NCC(CN1CCC2(CC1)OCCO2)C(F)(F)F. The molecule has 1 spiro atoms. The Balaban J connectivity index is 1.82. The molecular weight excluding hydrogens is 249 g/mol. The lowest BCUT2D eigenvalue weighted by molar-refractivity contribution is -0.197. The summed E-state index contributed by atoms with van der Waals surface area (Å²) in [5.41, 5.74) is 5.20. The molecule has 0 radical (unpaired) electrons. The second-order valence-corrected chi connectivity index (χ2v) is 4.88. The molecule has 18 heavy (non-hydrogen) atoms. The number of likely N-dealkylation sites (tertiary alicyclic amines) is 1. The molecule has 1 unspecified atom stereocenters. The molecule has 0 bridgehead atoms. The molecule has 0 aromatic carbocycles. The Labute approximate surface area is 104 Å². The van der Waals surface area contributed by atoms with Crippen LogP contribution in [0.3, 0.4) is 0 Å². The lowest BCUT2D eigenvalue weighted by atomic mass is 10.0. The van der Waals surface area contributed by atoms with Gasteiger partial charge in [-0.2, -0.15) is 13.2 Å². The highest BCUT2D eigenvalue weighted by atomic mass is 19.4. The summed E-state index contributed by atoms with van der Waals surface area (Å²) in [6, 6.07) is 0. The summed E-state index contributed by atoms with van der Waals surface area (Å²) in [4.78, 5) is 1.79. The van der Waals surface area contributed by atoms with Crippen molar-refractivity contribution in [1.29, 1.82) is 0 Å². The molecule has 2 heterocycles. The number of halogens is 3. The molecule has 2 aliphatic rings. The van der Waals surface area contributed by atoms with Crippen molar-refractivity contribution in [3.05, 3.63) is 0 Å². The molecule has 0 aliphatic carbocycles. The van der Waals surface area contributed by atoms with Gasteiger partial charge in [0, 0.05) is 39.0 Å². The first-order valence-electron chi connectivity index (χ1n) is 6.22. The maximum Gasteiger partial charge on any atom is 0.394 e. The molecule has 4 nitrogen and oxygen atoms in total. The summed E-state index contributed by atoms with van der Waals surface area (Å²) >= 11 is 0. The summed E-state index contributed by atoms with van der Waals surface area (Å²) in [7, 11) is 0. The van der Waals surface area contributed by atoms with Gasteiger partial charge < -0.3 is 20.1 Å². The molecule has 0 amide bonds. The Hall–Kier alpha value is -0.370. The minimum Gasteiger partial charge on any atom is -0.347 e. The van der Waals surface area contributed by atoms with E-state index in [1.807, 2.05) is 0 Å². The van der Waals surface area contributed by atoms with Crippen molar-refractivity contribution in [2.24, 2.45) is 11.7 Å². The van der Waals surface area contributed by atoms with Crippen LogP contribution in [0.2, 0.25) is 0 Å². The van der Waals surface area contributed by atoms with Gasteiger partial charge in [0.05, 0.1) is 19.1 Å². The molecule has 0 aromatic heterocycles. The fourth-order valence-corrected chi connectivity index (χ4v) is 2.49. The highest BCUT2D eigenvalue weighted by Gasteiger charge is 2.43. The summed E-state index contributed by atoms with van der Waals surface area (Å²) in [6.45, 7) is 1.88. The van der Waals surface area contributed by atoms with Crippen LogP contribution in [-0.4, -0.2) is 56.3 Å². The summed E-state index contributed by atoms with van der Waals surface area (Å²) < 4.78 is 48.9. The highest BCUT2D eigenvalue weighted by molar-refractivity contribution is 4.84. The molecule has 2 aliphatic heterocycles. The van der Waals surface area contributed by atoms with Crippen LogP contribution in [0.15, 0.2) is 0 Å². The average molecular weight is 268 g/mol. The van der Waals surface area contributed by atoms with Crippen LogP contribution in [0.4, 0.5) is 13.2 Å². The molecule has 1 atom stereocenters. The summed E-state index contributed by atoms with van der Waals surface area (Å²) in [5.74, 6) is -1.98. The Morgan fingerprint density at radius 2 is 1.72 bits per heavy atom. The number of rotatable bonds is 3. The number of ether oxygens (including phenoxy) is 2. The van der Waals surface area contributed by atoms with E-state index in [0.717, 1.165) is 0 Å². The quantitative estimate of drug-likeness (QED) is 0.828. The van der Waals surface area contributed by atoms with Crippen LogP contribution in [-0.2, 0) is 9.47 Å². The zero-order chi connectivity index (χ0) is 13.2. The first-order chi connectivity index (χ1) is 8.45. The molecule has 0 saturated carbocycles. The van der Waals surface area contributed by atoms with E-state index in [1.54, 1.807) is 4.90 Å². The molecule has 2 rings (SSSR count). The van der Waals surface area contributed by atoms with E-state index in [0.29, 0.717) is 39.1 Å². The maximum absolute atomic E-state index is 12.6. The normalized spacial score (nSPS) is 26.7. The number of nitrogens with two attached hydrogens (primary N) is 1. The van der Waals surface area contributed by atoms with Gasteiger partial charge in [-0.25, -0.2) is 0 Å². The van der Waals surface area contributed by atoms with Crippen molar-refractivity contribution in [2.45, 2.75) is 24.8 Å². The first-order valence-corrected chi connectivity index (χ1v) is 6.22. The molecule has 0 aromatic rings. The Bertz CT molecular complexity index is 270. The van der Waals surface area contributed by atoms with E-state index in [-0.39, 0.29) is 13.1 Å². The van der Waals surface area contributed by atoms with Gasteiger partial charge in [-0.3, -0.25) is 0 Å². The van der Waals surface area contributed by atoms with E-state index in [4.69, 9.17) is 15.2 Å². The van der Waals surface area contributed by atoms with Crippen LogP contribution < -0.4 is 5.73 Å². The third-order valence-corrected chi connectivity index (χ3v) is 3.66. The van der Waals surface area contributed by atoms with E-state index in [2.05, 4.69) is 0 Å². The number of nitrogens with zero attached hydrogens (tertiary/aromatic N) is 1. The van der Waals surface area contributed by atoms with Gasteiger partial charge >= 0.3 is 6.18 Å². The molecule has 2 fully saturated rings. The fourth-order valence-electron chi connectivity index (χ4n) is 2.49. The Morgan fingerprint density at radius 1 is 1.17 bits per heavy atom. The highest BCUT2D eigenvalue weighted by Crippen LogP contribution is 2.33. The lowest BCUT2D eigenvalue weighted by Crippen LogP contribution is -2.49. The maximum atomic E-state index is 12.6. The minimum absolute atomic E-state index is 0.0317. The smallest absolute Gasteiger partial charge is 0.347 e. The predicted molar refractivity (Wildman–Crippen MR) is 58.9 cm³/mol. The van der Waals surface area contributed by atoms with Crippen molar-refractivity contribution in [3.63, 3.8) is 0 Å². The first kappa shape index (κ1) is 14.0. The number of hydrogen-bond acceptors (Lipinski definition) is 4. The second-order valence-electron chi connectivity index (χ2n) is 4.88. The third-order valence-electron chi connectivity index (χ3n) is 3.66. The summed E-state index contributed by atoms with van der Waals surface area (Å²) in [5, 5.41) is 0. The second kappa shape index (κ2) is 5.32. The summed E-state index contributed by atoms with van der Waals surface area (Å²) in [6.07, 6.45) is -2.96. The van der Waals surface area contributed by atoms with Gasteiger partial charge in [-0.1, -0.05) is 0 Å². The monoisotopic (exact) mass is 268 g/mol. The van der Waals surface area contributed by atoms with Crippen LogP contribution in [0.5, 0.6) is 0 Å². The topological polar surface area (TPSA) is 47.7 Å². The average Bonchev–Trinajstić information content (AvgIpc) is 2.75. The van der Waals surface area contributed by atoms with E-state index >= 15 is 0 Å². The van der Waals surface area contributed by atoms with Gasteiger partial charge in [0.25, 0.3) is 0 Å². The minimum atomic E-state index is -4.22. The van der Waals surface area contributed by atoms with Crippen molar-refractivity contribution < 1.29 is 22.6 Å².